The summed E-state index contributed by atoms with van der Waals surface area (Å²) in [5.74, 6) is 0. The van der Waals surface area contributed by atoms with E-state index in [9.17, 15) is 13.5 Å². The normalized spacial score (nSPS) is 21.7. The molecule has 0 unspecified atom stereocenters. The molecule has 2 aromatic carbocycles. The van der Waals surface area contributed by atoms with Crippen LogP contribution in [0.5, 0.6) is 0 Å². The summed E-state index contributed by atoms with van der Waals surface area (Å²) >= 11 is 1.58. The lowest BCUT2D eigenvalue weighted by Gasteiger charge is -2.53. The third-order valence-electron chi connectivity index (χ3n) is 9.25. The number of ether oxygens (including phenoxy) is 1. The van der Waals surface area contributed by atoms with E-state index in [4.69, 9.17) is 9.72 Å². The Morgan fingerprint density at radius 3 is 2.52 bits per heavy atom. The van der Waals surface area contributed by atoms with E-state index in [1.54, 1.807) is 23.5 Å². The van der Waals surface area contributed by atoms with E-state index in [1.165, 1.54) is 37.7 Å². The van der Waals surface area contributed by atoms with Crippen molar-refractivity contribution in [1.29, 1.82) is 0 Å². The van der Waals surface area contributed by atoms with Crippen LogP contribution in [0.1, 0.15) is 50.5 Å². The number of rotatable bonds is 8. The van der Waals surface area contributed by atoms with Crippen LogP contribution in [0.25, 0.3) is 10.2 Å². The van der Waals surface area contributed by atoms with Gasteiger partial charge in [0.05, 0.1) is 21.7 Å². The lowest BCUT2D eigenvalue weighted by molar-refractivity contribution is -0.0126. The first-order valence-corrected chi connectivity index (χ1v) is 16.8. The summed E-state index contributed by atoms with van der Waals surface area (Å²) in [7, 11) is -3.72. The van der Waals surface area contributed by atoms with Gasteiger partial charge in [0.2, 0.25) is 10.0 Å². The summed E-state index contributed by atoms with van der Waals surface area (Å²) in [5, 5.41) is 10.9. The number of hydrogen-bond donors (Lipinski definition) is 2. The second kappa shape index (κ2) is 11.7. The summed E-state index contributed by atoms with van der Waals surface area (Å²) < 4.78 is 35.5. The molecule has 1 saturated carbocycles. The van der Waals surface area contributed by atoms with E-state index >= 15 is 0 Å². The molecule has 3 heterocycles. The lowest BCUT2D eigenvalue weighted by atomic mass is 9.78. The van der Waals surface area contributed by atoms with Gasteiger partial charge in [-0.1, -0.05) is 60.9 Å². The molecule has 1 aliphatic carbocycles. The van der Waals surface area contributed by atoms with Gasteiger partial charge < -0.3 is 14.7 Å². The number of sulfonamides is 1. The number of hydrogen-bond acceptors (Lipinski definition) is 8. The Balaban J connectivity index is 1.19. The van der Waals surface area contributed by atoms with Gasteiger partial charge in [-0.05, 0) is 49.4 Å². The quantitative estimate of drug-likeness (QED) is 0.406. The molecule has 0 amide bonds. The van der Waals surface area contributed by atoms with Gasteiger partial charge in [-0.25, -0.2) is 18.1 Å². The van der Waals surface area contributed by atoms with Crippen LogP contribution in [0, 0.1) is 5.41 Å². The first-order chi connectivity index (χ1) is 19.4. The lowest BCUT2D eigenvalue weighted by Crippen LogP contribution is -2.62. The minimum absolute atomic E-state index is 0.0593. The smallest absolute Gasteiger partial charge is 0.240 e. The van der Waals surface area contributed by atoms with E-state index in [-0.39, 0.29) is 23.6 Å². The van der Waals surface area contributed by atoms with Gasteiger partial charge in [-0.2, -0.15) is 0 Å². The van der Waals surface area contributed by atoms with Crippen LogP contribution in [0.15, 0.2) is 53.4 Å². The Morgan fingerprint density at radius 1 is 1.00 bits per heavy atom. The number of benzene rings is 2. The molecule has 6 rings (SSSR count). The molecule has 2 aliphatic heterocycles. The van der Waals surface area contributed by atoms with Crippen LogP contribution in [-0.4, -0.2) is 74.9 Å². The molecule has 0 radical (unpaired) electrons. The minimum Gasteiger partial charge on any atom is -0.396 e. The van der Waals surface area contributed by atoms with Crippen LogP contribution >= 0.6 is 11.3 Å². The Kier molecular flexibility index (Phi) is 8.18. The van der Waals surface area contributed by atoms with Crippen molar-refractivity contribution in [3.05, 3.63) is 54.1 Å². The van der Waals surface area contributed by atoms with Crippen LogP contribution in [0.3, 0.4) is 0 Å². The number of nitrogens with zero attached hydrogens (tertiary/aromatic N) is 3. The van der Waals surface area contributed by atoms with Crippen LogP contribution in [0.2, 0.25) is 0 Å². The average Bonchev–Trinajstić information content (AvgIpc) is 3.43. The highest BCUT2D eigenvalue weighted by molar-refractivity contribution is 7.89. The second-order valence-electron chi connectivity index (χ2n) is 11.8. The minimum atomic E-state index is -3.72. The third-order valence-corrected chi connectivity index (χ3v) is 11.7. The first kappa shape index (κ1) is 28.1. The molecule has 3 aromatic rings. The van der Waals surface area contributed by atoms with Gasteiger partial charge >= 0.3 is 0 Å². The molecule has 2 N–H and O–H groups in total. The second-order valence-corrected chi connectivity index (χ2v) is 14.6. The van der Waals surface area contributed by atoms with Gasteiger partial charge in [0.25, 0.3) is 0 Å². The van der Waals surface area contributed by atoms with E-state index in [0.717, 1.165) is 41.5 Å². The zero-order valence-corrected chi connectivity index (χ0v) is 24.7. The van der Waals surface area contributed by atoms with Crippen molar-refractivity contribution < 1.29 is 18.3 Å². The van der Waals surface area contributed by atoms with Gasteiger partial charge in [0.1, 0.15) is 0 Å². The maximum Gasteiger partial charge on any atom is 0.240 e. The molecule has 40 heavy (non-hydrogen) atoms. The van der Waals surface area contributed by atoms with Crippen LogP contribution < -0.4 is 9.62 Å². The van der Waals surface area contributed by atoms with Crippen molar-refractivity contribution in [2.75, 3.05) is 50.9 Å². The molecule has 0 atom stereocenters. The number of nitrogens with one attached hydrogen (secondary N) is 1. The Labute approximate surface area is 241 Å². The Bertz CT molecular complexity index is 1400. The highest BCUT2D eigenvalue weighted by Crippen LogP contribution is 2.40. The number of aliphatic hydroxyl groups is 1. The number of aromatic nitrogens is 1. The standard InChI is InChI=1S/C30H40N4O4S2/c35-23-29(13-17-38-18-14-29)21-31-40(36,37)25-9-10-26-27(19-25)39-28(32-26)33-15-16-34(20-24-7-3-1-4-8-24)30(22-33)11-5-2-6-12-30/h1,3-4,7-10,19,31,35H,2,5-6,11-18,20-23H2. The van der Waals surface area contributed by atoms with Crippen LogP contribution in [-0.2, 0) is 21.3 Å². The third kappa shape index (κ3) is 5.80. The summed E-state index contributed by atoms with van der Waals surface area (Å²) in [5.41, 5.74) is 1.88. The SMILES string of the molecule is O=S(=O)(NCC1(CO)CCOCC1)c1ccc2nc(N3CCN(Cc4ccccc4)C4(CCCCC4)C3)sc2c1. The largest absolute Gasteiger partial charge is 0.396 e. The summed E-state index contributed by atoms with van der Waals surface area (Å²) in [6.45, 7) is 5.07. The van der Waals surface area contributed by atoms with Gasteiger partial charge in [0, 0.05) is 56.9 Å². The van der Waals surface area contributed by atoms with Crippen molar-refractivity contribution in [2.24, 2.45) is 5.41 Å². The maximum absolute atomic E-state index is 13.2. The molecule has 3 fully saturated rings. The molecule has 0 bridgehead atoms. The Morgan fingerprint density at radius 2 is 1.77 bits per heavy atom. The predicted molar refractivity (Wildman–Crippen MR) is 159 cm³/mol. The molecular weight excluding hydrogens is 544 g/mol. The average molecular weight is 585 g/mol. The van der Waals surface area contributed by atoms with Crippen molar-refractivity contribution in [3.8, 4) is 0 Å². The number of piperazine rings is 1. The molecular formula is C30H40N4O4S2. The fourth-order valence-corrected chi connectivity index (χ4v) is 8.92. The van der Waals surface area contributed by atoms with Crippen molar-refractivity contribution in [1.82, 2.24) is 14.6 Å². The molecule has 1 spiro atoms. The zero-order valence-electron chi connectivity index (χ0n) is 23.1. The van der Waals surface area contributed by atoms with Crippen molar-refractivity contribution in [2.45, 2.75) is 61.9 Å². The van der Waals surface area contributed by atoms with E-state index in [1.807, 2.05) is 6.07 Å². The molecule has 3 aliphatic rings. The molecule has 8 nitrogen and oxygen atoms in total. The number of anilines is 1. The van der Waals surface area contributed by atoms with Gasteiger partial charge in [0.15, 0.2) is 5.13 Å². The highest BCUT2D eigenvalue weighted by Gasteiger charge is 2.43. The molecule has 1 aromatic heterocycles. The topological polar surface area (TPSA) is 95.0 Å². The number of thiazole rings is 1. The predicted octanol–water partition coefficient (Wildman–Crippen LogP) is 4.39. The van der Waals surface area contributed by atoms with Crippen LogP contribution in [0.4, 0.5) is 5.13 Å². The Hall–Kier alpha value is -2.08. The van der Waals surface area contributed by atoms with Gasteiger partial charge in [-0.3, -0.25) is 4.90 Å². The maximum atomic E-state index is 13.2. The summed E-state index contributed by atoms with van der Waals surface area (Å²) in [6.07, 6.45) is 7.52. The van der Waals surface area contributed by atoms with E-state index in [0.29, 0.717) is 26.1 Å². The van der Waals surface area contributed by atoms with Crippen molar-refractivity contribution in [3.63, 3.8) is 0 Å². The molecule has 216 valence electrons. The summed E-state index contributed by atoms with van der Waals surface area (Å²) in [6, 6.07) is 16.0. The number of aliphatic hydroxyl groups excluding tert-OH is 1. The highest BCUT2D eigenvalue weighted by atomic mass is 32.2. The first-order valence-electron chi connectivity index (χ1n) is 14.5. The monoisotopic (exact) mass is 584 g/mol. The van der Waals surface area contributed by atoms with Gasteiger partial charge in [-0.15, -0.1) is 0 Å². The molecule has 2 saturated heterocycles. The van der Waals surface area contributed by atoms with E-state index in [2.05, 4.69) is 44.9 Å². The number of fused-ring (bicyclic) bond motifs is 1. The summed E-state index contributed by atoms with van der Waals surface area (Å²) in [4.78, 5) is 10.3. The van der Waals surface area contributed by atoms with E-state index < -0.39 is 15.4 Å². The fourth-order valence-electron chi connectivity index (χ4n) is 6.63. The fraction of sp³-hybridized carbons (Fsp3) is 0.567. The van der Waals surface area contributed by atoms with Crippen molar-refractivity contribution >= 4 is 36.7 Å². The molecule has 10 heteroatoms. The zero-order chi connectivity index (χ0) is 27.6.